The Hall–Kier alpha value is -1.51. The Balaban J connectivity index is 2.46. The van der Waals surface area contributed by atoms with Gasteiger partial charge in [0.2, 0.25) is 0 Å². The van der Waals surface area contributed by atoms with Crippen LogP contribution in [0.1, 0.15) is 31.1 Å². The average Bonchev–Trinajstić information content (AvgIpc) is 2.19. The molecule has 3 heteroatoms. The fourth-order valence-corrected chi connectivity index (χ4v) is 1.72. The first-order chi connectivity index (χ1) is 7.20. The zero-order valence-corrected chi connectivity index (χ0v) is 9.00. The van der Waals surface area contributed by atoms with Crippen molar-refractivity contribution in [1.29, 1.82) is 0 Å². The van der Waals surface area contributed by atoms with Crippen LogP contribution in [-0.2, 0) is 0 Å². The standard InChI is InChI=1S/C12H14O3/c1-3-4-9-6-10-11(14-7-9)5-8(2)15-12(10)13/h5-6H,3-4,7H2,1-2H3. The quantitative estimate of drug-likeness (QED) is 0.746. The molecule has 0 unspecified atom stereocenters. The van der Waals surface area contributed by atoms with E-state index in [1.165, 1.54) is 0 Å². The van der Waals surface area contributed by atoms with E-state index < -0.39 is 0 Å². The van der Waals surface area contributed by atoms with E-state index in [4.69, 9.17) is 9.15 Å². The van der Waals surface area contributed by atoms with Crippen LogP contribution in [0.2, 0.25) is 0 Å². The zero-order chi connectivity index (χ0) is 10.8. The van der Waals surface area contributed by atoms with Crippen LogP contribution in [0.15, 0.2) is 20.9 Å². The Morgan fingerprint density at radius 3 is 3.00 bits per heavy atom. The van der Waals surface area contributed by atoms with Crippen molar-refractivity contribution in [3.8, 4) is 5.75 Å². The van der Waals surface area contributed by atoms with Crippen LogP contribution in [0, 0.1) is 6.92 Å². The van der Waals surface area contributed by atoms with Crippen LogP contribution >= 0.6 is 0 Å². The Morgan fingerprint density at radius 2 is 2.27 bits per heavy atom. The van der Waals surface area contributed by atoms with E-state index in [-0.39, 0.29) is 5.63 Å². The highest BCUT2D eigenvalue weighted by Gasteiger charge is 2.15. The van der Waals surface area contributed by atoms with E-state index >= 15 is 0 Å². The van der Waals surface area contributed by atoms with E-state index in [1.807, 2.05) is 6.08 Å². The van der Waals surface area contributed by atoms with Gasteiger partial charge in [0.15, 0.2) is 0 Å². The third kappa shape index (κ3) is 1.96. The molecule has 0 spiro atoms. The lowest BCUT2D eigenvalue weighted by Crippen LogP contribution is -2.14. The Morgan fingerprint density at radius 1 is 1.47 bits per heavy atom. The van der Waals surface area contributed by atoms with Crippen LogP contribution in [0.5, 0.6) is 5.75 Å². The molecule has 0 saturated heterocycles. The van der Waals surface area contributed by atoms with Gasteiger partial charge in [-0.15, -0.1) is 0 Å². The lowest BCUT2D eigenvalue weighted by atomic mass is 10.1. The van der Waals surface area contributed by atoms with Gasteiger partial charge in [0.1, 0.15) is 23.7 Å². The van der Waals surface area contributed by atoms with Crippen LogP contribution in [-0.4, -0.2) is 6.61 Å². The Bertz CT molecular complexity index is 454. The fraction of sp³-hybridized carbons (Fsp3) is 0.417. The van der Waals surface area contributed by atoms with E-state index in [0.29, 0.717) is 23.7 Å². The molecule has 1 aromatic rings. The van der Waals surface area contributed by atoms with Gasteiger partial charge in [0.25, 0.3) is 0 Å². The topological polar surface area (TPSA) is 39.4 Å². The zero-order valence-electron chi connectivity index (χ0n) is 9.00. The van der Waals surface area contributed by atoms with E-state index in [1.54, 1.807) is 13.0 Å². The minimum Gasteiger partial charge on any atom is -0.488 e. The number of aryl methyl sites for hydroxylation is 1. The summed E-state index contributed by atoms with van der Waals surface area (Å²) in [6, 6.07) is 1.76. The maximum Gasteiger partial charge on any atom is 0.346 e. The summed E-state index contributed by atoms with van der Waals surface area (Å²) in [4.78, 5) is 11.5. The highest BCUT2D eigenvalue weighted by molar-refractivity contribution is 5.60. The highest BCUT2D eigenvalue weighted by Crippen LogP contribution is 2.25. The number of fused-ring (bicyclic) bond motifs is 1. The molecule has 3 nitrogen and oxygen atoms in total. The predicted molar refractivity (Wildman–Crippen MR) is 58.1 cm³/mol. The third-order valence-corrected chi connectivity index (χ3v) is 2.41. The summed E-state index contributed by atoms with van der Waals surface area (Å²) >= 11 is 0. The SMILES string of the molecule is CCCC1=Cc2c(cc(C)oc2=O)OC1. The summed E-state index contributed by atoms with van der Waals surface area (Å²) in [5.41, 5.74) is 1.40. The summed E-state index contributed by atoms with van der Waals surface area (Å²) in [7, 11) is 0. The van der Waals surface area contributed by atoms with Crippen molar-refractivity contribution in [2.24, 2.45) is 0 Å². The molecule has 1 aliphatic heterocycles. The molecule has 0 saturated carbocycles. The Kier molecular flexibility index (Phi) is 2.62. The van der Waals surface area contributed by atoms with Gasteiger partial charge in [-0.1, -0.05) is 13.3 Å². The second-order valence-corrected chi connectivity index (χ2v) is 3.76. The molecule has 80 valence electrons. The maximum atomic E-state index is 11.5. The lowest BCUT2D eigenvalue weighted by Gasteiger charge is -2.16. The fourth-order valence-electron chi connectivity index (χ4n) is 1.72. The normalized spacial score (nSPS) is 14.1. The van der Waals surface area contributed by atoms with Gasteiger partial charge >= 0.3 is 5.63 Å². The van der Waals surface area contributed by atoms with Gasteiger partial charge in [-0.05, 0) is 25.0 Å². The van der Waals surface area contributed by atoms with Crippen LogP contribution in [0.3, 0.4) is 0 Å². The summed E-state index contributed by atoms with van der Waals surface area (Å²) < 4.78 is 10.5. The molecule has 0 radical (unpaired) electrons. The summed E-state index contributed by atoms with van der Waals surface area (Å²) in [5.74, 6) is 1.23. The van der Waals surface area contributed by atoms with Crippen molar-refractivity contribution in [3.63, 3.8) is 0 Å². The minimum atomic E-state index is -0.307. The van der Waals surface area contributed by atoms with Gasteiger partial charge in [-0.2, -0.15) is 0 Å². The van der Waals surface area contributed by atoms with Crippen molar-refractivity contribution in [3.05, 3.63) is 33.4 Å². The Labute approximate surface area is 88.4 Å². The summed E-state index contributed by atoms with van der Waals surface area (Å²) in [6.07, 6.45) is 3.92. The molecule has 0 amide bonds. The van der Waals surface area contributed by atoms with Gasteiger partial charge in [-0.25, -0.2) is 4.79 Å². The van der Waals surface area contributed by atoms with Crippen molar-refractivity contribution >= 4 is 6.08 Å². The molecule has 0 atom stereocenters. The first-order valence-corrected chi connectivity index (χ1v) is 5.17. The maximum absolute atomic E-state index is 11.5. The second-order valence-electron chi connectivity index (χ2n) is 3.76. The molecular weight excluding hydrogens is 192 g/mol. The molecule has 0 aliphatic carbocycles. The van der Waals surface area contributed by atoms with Crippen LogP contribution in [0.4, 0.5) is 0 Å². The average molecular weight is 206 g/mol. The number of ether oxygens (including phenoxy) is 1. The van der Waals surface area contributed by atoms with Gasteiger partial charge in [-0.3, -0.25) is 0 Å². The number of hydrogen-bond acceptors (Lipinski definition) is 3. The van der Waals surface area contributed by atoms with Crippen molar-refractivity contribution < 1.29 is 9.15 Å². The first kappa shape index (κ1) is 10.0. The highest BCUT2D eigenvalue weighted by atomic mass is 16.5. The van der Waals surface area contributed by atoms with E-state index in [0.717, 1.165) is 18.4 Å². The molecular formula is C12H14O3. The van der Waals surface area contributed by atoms with Crippen molar-refractivity contribution in [1.82, 2.24) is 0 Å². The number of rotatable bonds is 2. The van der Waals surface area contributed by atoms with Crippen LogP contribution in [0.25, 0.3) is 6.08 Å². The number of hydrogen-bond donors (Lipinski definition) is 0. The summed E-state index contributed by atoms with van der Waals surface area (Å²) in [5, 5.41) is 0. The largest absolute Gasteiger partial charge is 0.488 e. The predicted octanol–water partition coefficient (Wildman–Crippen LogP) is 2.52. The smallest absolute Gasteiger partial charge is 0.346 e. The molecule has 1 aromatic heterocycles. The molecule has 0 aromatic carbocycles. The van der Waals surface area contributed by atoms with Gasteiger partial charge in [0.05, 0.1) is 0 Å². The van der Waals surface area contributed by atoms with E-state index in [2.05, 4.69) is 6.92 Å². The summed E-state index contributed by atoms with van der Waals surface area (Å²) in [6.45, 7) is 4.44. The molecule has 0 bridgehead atoms. The molecule has 2 heterocycles. The van der Waals surface area contributed by atoms with Crippen molar-refractivity contribution in [2.75, 3.05) is 6.61 Å². The van der Waals surface area contributed by atoms with E-state index in [9.17, 15) is 4.79 Å². The van der Waals surface area contributed by atoms with Crippen molar-refractivity contribution in [2.45, 2.75) is 26.7 Å². The molecule has 2 rings (SSSR count). The molecule has 0 fully saturated rings. The molecule has 15 heavy (non-hydrogen) atoms. The van der Waals surface area contributed by atoms with Gasteiger partial charge in [0, 0.05) is 6.07 Å². The third-order valence-electron chi connectivity index (χ3n) is 2.41. The molecule has 1 aliphatic rings. The molecule has 0 N–H and O–H groups in total. The second kappa shape index (κ2) is 3.93. The van der Waals surface area contributed by atoms with Crippen LogP contribution < -0.4 is 10.4 Å². The van der Waals surface area contributed by atoms with Gasteiger partial charge < -0.3 is 9.15 Å². The minimum absolute atomic E-state index is 0.307. The lowest BCUT2D eigenvalue weighted by molar-refractivity contribution is 0.332. The monoisotopic (exact) mass is 206 g/mol. The first-order valence-electron chi connectivity index (χ1n) is 5.17.